The first-order chi connectivity index (χ1) is 6.79. The van der Waals surface area contributed by atoms with Crippen molar-refractivity contribution >= 4 is 5.78 Å². The van der Waals surface area contributed by atoms with Gasteiger partial charge in [-0.2, -0.15) is 0 Å². The van der Waals surface area contributed by atoms with Crippen molar-refractivity contribution in [3.05, 3.63) is 35.4 Å². The number of carbonyl (C=O) groups excluding carboxylic acids is 1. The fraction of sp³-hybridized carbons (Fsp3) is 0.462. The molecule has 1 aromatic carbocycles. The number of carbonyl (C=O) groups is 1. The minimum absolute atomic E-state index is 0.299. The van der Waals surface area contributed by atoms with Crippen molar-refractivity contribution in [2.45, 2.75) is 31.6 Å². The average molecular weight is 186 g/mol. The Kier molecular flexibility index (Phi) is 1.58. The maximum atomic E-state index is 11.7. The third-order valence-corrected chi connectivity index (χ3v) is 3.93. The molecule has 1 nitrogen and oxygen atoms in total. The summed E-state index contributed by atoms with van der Waals surface area (Å²) < 4.78 is 0. The molecule has 1 fully saturated rings. The molecule has 1 saturated carbocycles. The smallest absolute Gasteiger partial charge is 0.137 e. The third-order valence-electron chi connectivity index (χ3n) is 3.93. The molecule has 0 aliphatic heterocycles. The van der Waals surface area contributed by atoms with Gasteiger partial charge in [0.2, 0.25) is 0 Å². The standard InChI is InChI=1S/C13H14O/c1-8-9-4-2-3-5-10(9)11-6-7-12(14)13(8)11/h2-5,8,11,13H,6-7H2,1H3/t8-,11+,13-/m0/s1. The van der Waals surface area contributed by atoms with Crippen LogP contribution >= 0.6 is 0 Å². The topological polar surface area (TPSA) is 17.1 Å². The van der Waals surface area contributed by atoms with Crippen LogP contribution in [-0.2, 0) is 4.79 Å². The average Bonchev–Trinajstić information content (AvgIpc) is 2.70. The maximum Gasteiger partial charge on any atom is 0.137 e. The number of rotatable bonds is 0. The van der Waals surface area contributed by atoms with Gasteiger partial charge in [-0.05, 0) is 29.4 Å². The van der Waals surface area contributed by atoms with Gasteiger partial charge in [-0.15, -0.1) is 0 Å². The lowest BCUT2D eigenvalue weighted by atomic mass is 9.90. The Morgan fingerprint density at radius 3 is 2.71 bits per heavy atom. The zero-order valence-corrected chi connectivity index (χ0v) is 8.36. The lowest BCUT2D eigenvalue weighted by Crippen LogP contribution is -2.12. The van der Waals surface area contributed by atoms with E-state index in [1.54, 1.807) is 0 Å². The summed E-state index contributed by atoms with van der Waals surface area (Å²) in [4.78, 5) is 11.7. The summed E-state index contributed by atoms with van der Waals surface area (Å²) in [6.45, 7) is 2.20. The molecule has 0 bridgehead atoms. The molecule has 0 spiro atoms. The van der Waals surface area contributed by atoms with Gasteiger partial charge in [0.05, 0.1) is 0 Å². The highest BCUT2D eigenvalue weighted by Crippen LogP contribution is 2.52. The summed E-state index contributed by atoms with van der Waals surface area (Å²) in [7, 11) is 0. The second-order valence-corrected chi connectivity index (χ2v) is 4.55. The van der Waals surface area contributed by atoms with Crippen molar-refractivity contribution in [3.8, 4) is 0 Å². The van der Waals surface area contributed by atoms with E-state index in [1.807, 2.05) is 0 Å². The van der Waals surface area contributed by atoms with Gasteiger partial charge >= 0.3 is 0 Å². The van der Waals surface area contributed by atoms with Crippen LogP contribution in [0.5, 0.6) is 0 Å². The summed E-state index contributed by atoms with van der Waals surface area (Å²) >= 11 is 0. The van der Waals surface area contributed by atoms with E-state index in [2.05, 4.69) is 31.2 Å². The normalized spacial score (nSPS) is 34.4. The van der Waals surface area contributed by atoms with Gasteiger partial charge in [-0.3, -0.25) is 4.79 Å². The highest BCUT2D eigenvalue weighted by atomic mass is 16.1. The molecule has 0 saturated heterocycles. The zero-order chi connectivity index (χ0) is 9.71. The lowest BCUT2D eigenvalue weighted by Gasteiger charge is -2.12. The molecule has 1 heteroatoms. The van der Waals surface area contributed by atoms with Gasteiger partial charge in [0, 0.05) is 12.3 Å². The van der Waals surface area contributed by atoms with E-state index >= 15 is 0 Å². The number of hydrogen-bond donors (Lipinski definition) is 0. The predicted molar refractivity (Wildman–Crippen MR) is 55.3 cm³/mol. The molecule has 3 atom stereocenters. The molecule has 0 heterocycles. The van der Waals surface area contributed by atoms with Gasteiger partial charge in [-0.25, -0.2) is 0 Å². The van der Waals surface area contributed by atoms with E-state index in [9.17, 15) is 4.79 Å². The number of ketones is 1. The first-order valence-corrected chi connectivity index (χ1v) is 5.40. The van der Waals surface area contributed by atoms with E-state index in [0.29, 0.717) is 23.5 Å². The SMILES string of the molecule is C[C@H]1c2ccccc2[C@H]2CCC(=O)[C@H]21. The van der Waals surface area contributed by atoms with E-state index in [-0.39, 0.29) is 0 Å². The third kappa shape index (κ3) is 0.875. The van der Waals surface area contributed by atoms with Gasteiger partial charge in [0.25, 0.3) is 0 Å². The van der Waals surface area contributed by atoms with Crippen molar-refractivity contribution in [1.82, 2.24) is 0 Å². The Hall–Kier alpha value is -1.11. The van der Waals surface area contributed by atoms with Crippen LogP contribution in [0.15, 0.2) is 24.3 Å². The van der Waals surface area contributed by atoms with E-state index in [1.165, 1.54) is 11.1 Å². The molecule has 72 valence electrons. The monoisotopic (exact) mass is 186 g/mol. The van der Waals surface area contributed by atoms with Crippen LogP contribution in [0, 0.1) is 5.92 Å². The molecular formula is C13H14O. The second kappa shape index (κ2) is 2.69. The van der Waals surface area contributed by atoms with Gasteiger partial charge in [0.15, 0.2) is 0 Å². The quantitative estimate of drug-likeness (QED) is 0.609. The fourth-order valence-corrected chi connectivity index (χ4v) is 3.30. The Balaban J connectivity index is 2.15. The number of hydrogen-bond acceptors (Lipinski definition) is 1. The van der Waals surface area contributed by atoms with Crippen LogP contribution in [0.4, 0.5) is 0 Å². The molecule has 0 N–H and O–H groups in total. The first kappa shape index (κ1) is 8.22. The van der Waals surface area contributed by atoms with E-state index < -0.39 is 0 Å². The highest BCUT2D eigenvalue weighted by molar-refractivity contribution is 5.86. The summed E-state index contributed by atoms with van der Waals surface area (Å²) in [5, 5.41) is 0. The van der Waals surface area contributed by atoms with Crippen LogP contribution in [0.25, 0.3) is 0 Å². The van der Waals surface area contributed by atoms with E-state index in [4.69, 9.17) is 0 Å². The molecule has 14 heavy (non-hydrogen) atoms. The highest BCUT2D eigenvalue weighted by Gasteiger charge is 2.45. The molecule has 3 rings (SSSR count). The molecule has 0 aromatic heterocycles. The minimum atomic E-state index is 0.299. The van der Waals surface area contributed by atoms with E-state index in [0.717, 1.165) is 12.8 Å². The van der Waals surface area contributed by atoms with Crippen molar-refractivity contribution in [2.24, 2.45) is 5.92 Å². The second-order valence-electron chi connectivity index (χ2n) is 4.55. The van der Waals surface area contributed by atoms with Crippen LogP contribution in [0.1, 0.15) is 42.7 Å². The van der Waals surface area contributed by atoms with Crippen molar-refractivity contribution in [1.29, 1.82) is 0 Å². The van der Waals surface area contributed by atoms with Crippen molar-refractivity contribution in [2.75, 3.05) is 0 Å². The van der Waals surface area contributed by atoms with Crippen LogP contribution in [-0.4, -0.2) is 5.78 Å². The number of Topliss-reactive ketones (excluding diaryl/α,β-unsaturated/α-hetero) is 1. The molecule has 0 unspecified atom stereocenters. The molecule has 0 amide bonds. The number of benzene rings is 1. The van der Waals surface area contributed by atoms with Gasteiger partial charge in [0.1, 0.15) is 5.78 Å². The minimum Gasteiger partial charge on any atom is -0.299 e. The first-order valence-electron chi connectivity index (χ1n) is 5.40. The predicted octanol–water partition coefficient (Wildman–Crippen LogP) is 2.87. The summed E-state index contributed by atoms with van der Waals surface area (Å²) in [6.07, 6.45) is 1.87. The molecule has 2 aliphatic rings. The van der Waals surface area contributed by atoms with Crippen LogP contribution < -0.4 is 0 Å². The van der Waals surface area contributed by atoms with Crippen molar-refractivity contribution in [3.63, 3.8) is 0 Å². The Bertz CT molecular complexity index is 394. The number of fused-ring (bicyclic) bond motifs is 3. The fourth-order valence-electron chi connectivity index (χ4n) is 3.30. The summed E-state index contributed by atoms with van der Waals surface area (Å²) in [5.74, 6) is 1.77. The molecular weight excluding hydrogens is 172 g/mol. The summed E-state index contributed by atoms with van der Waals surface area (Å²) in [6, 6.07) is 8.57. The Labute approximate surface area is 84.1 Å². The molecule has 0 radical (unpaired) electrons. The summed E-state index contributed by atoms with van der Waals surface area (Å²) in [5.41, 5.74) is 2.85. The Morgan fingerprint density at radius 2 is 1.93 bits per heavy atom. The maximum absolute atomic E-state index is 11.7. The Morgan fingerprint density at radius 1 is 1.21 bits per heavy atom. The zero-order valence-electron chi connectivity index (χ0n) is 8.36. The molecule has 2 aliphatic carbocycles. The van der Waals surface area contributed by atoms with Gasteiger partial charge in [-0.1, -0.05) is 31.2 Å². The largest absolute Gasteiger partial charge is 0.299 e. The van der Waals surface area contributed by atoms with Crippen LogP contribution in [0.2, 0.25) is 0 Å². The molecule has 1 aromatic rings. The van der Waals surface area contributed by atoms with Crippen LogP contribution in [0.3, 0.4) is 0 Å². The van der Waals surface area contributed by atoms with Crippen molar-refractivity contribution < 1.29 is 4.79 Å². The lowest BCUT2D eigenvalue weighted by molar-refractivity contribution is -0.121. The van der Waals surface area contributed by atoms with Gasteiger partial charge < -0.3 is 0 Å².